The average molecular weight is 520 g/mol. The van der Waals surface area contributed by atoms with Crippen molar-refractivity contribution >= 4 is 23.2 Å². The first-order valence-corrected chi connectivity index (χ1v) is 12.9. The molecule has 1 amide bonds. The van der Waals surface area contributed by atoms with Gasteiger partial charge in [-0.05, 0) is 74.2 Å². The highest BCUT2D eigenvalue weighted by Gasteiger charge is 2.20. The van der Waals surface area contributed by atoms with Crippen LogP contribution in [0.3, 0.4) is 0 Å². The van der Waals surface area contributed by atoms with Crippen LogP contribution in [0.15, 0.2) is 53.9 Å². The van der Waals surface area contributed by atoms with Crippen molar-refractivity contribution in [3.63, 3.8) is 0 Å². The number of primary amides is 1. The first kappa shape index (κ1) is 27.7. The fourth-order valence-corrected chi connectivity index (χ4v) is 4.69. The molecule has 0 unspecified atom stereocenters. The van der Waals surface area contributed by atoms with Crippen molar-refractivity contribution in [1.82, 2.24) is 9.55 Å². The van der Waals surface area contributed by atoms with E-state index in [1.54, 1.807) is 24.5 Å². The summed E-state index contributed by atoms with van der Waals surface area (Å²) in [6, 6.07) is 15.8. The van der Waals surface area contributed by atoms with E-state index >= 15 is 0 Å². The van der Waals surface area contributed by atoms with Gasteiger partial charge in [0.15, 0.2) is 0 Å². The zero-order chi connectivity index (χ0) is 27.1. The van der Waals surface area contributed by atoms with Gasteiger partial charge in [0.25, 0.3) is 0 Å². The van der Waals surface area contributed by atoms with Gasteiger partial charge in [-0.1, -0.05) is 25.1 Å². The fraction of sp³-hybridized carbons (Fsp3) is 0.276. The van der Waals surface area contributed by atoms with Gasteiger partial charge in [0, 0.05) is 29.6 Å². The Labute approximate surface area is 221 Å². The summed E-state index contributed by atoms with van der Waals surface area (Å²) < 4.78 is 7.27. The number of benzene rings is 2. The molecule has 0 saturated heterocycles. The molecule has 0 fully saturated rings. The first-order valence-electron chi connectivity index (χ1n) is 12.0. The number of hydrogen-bond acceptors (Lipinski definition) is 5. The number of rotatable bonds is 8. The minimum atomic E-state index is -0.928. The number of methoxy groups -OCH3 is 1. The summed E-state index contributed by atoms with van der Waals surface area (Å²) in [5.74, 6) is -0.342. The molecule has 194 valence electrons. The molecule has 37 heavy (non-hydrogen) atoms. The topological polar surface area (TPSA) is 107 Å². The molecular weight excluding hydrogens is 486 g/mol. The highest BCUT2D eigenvalue weighted by atomic mass is 32.1. The van der Waals surface area contributed by atoms with Crippen LogP contribution in [0.1, 0.15) is 52.5 Å². The zero-order valence-corrected chi connectivity index (χ0v) is 22.7. The Balaban J connectivity index is 0.000000568. The molecule has 0 radical (unpaired) electrons. The maximum atomic E-state index is 11.8. The van der Waals surface area contributed by atoms with Crippen LogP contribution in [0.5, 0.6) is 5.75 Å². The molecule has 0 aliphatic carbocycles. The molecule has 4 aromatic rings. The highest BCUT2D eigenvalue weighted by molar-refractivity contribution is 7.13. The molecule has 8 heteroatoms. The molecule has 2 aromatic heterocycles. The minimum absolute atomic E-state index is 0.211. The van der Waals surface area contributed by atoms with E-state index in [9.17, 15) is 14.7 Å². The van der Waals surface area contributed by atoms with Crippen LogP contribution < -0.4 is 10.5 Å². The lowest BCUT2D eigenvalue weighted by Gasteiger charge is -2.12. The van der Waals surface area contributed by atoms with Crippen LogP contribution in [0, 0.1) is 20.8 Å². The number of carboxylic acid groups (broad SMARTS) is 1. The van der Waals surface area contributed by atoms with Gasteiger partial charge in [-0.3, -0.25) is 4.79 Å². The second-order valence-corrected chi connectivity index (χ2v) is 9.68. The molecule has 3 N–H and O–H groups in total. The Morgan fingerprint density at radius 1 is 1.05 bits per heavy atom. The van der Waals surface area contributed by atoms with Crippen molar-refractivity contribution in [3.05, 3.63) is 81.9 Å². The molecule has 0 aliphatic rings. The lowest BCUT2D eigenvalue weighted by molar-refractivity contribution is -0.118. The third kappa shape index (κ3) is 6.86. The summed E-state index contributed by atoms with van der Waals surface area (Å²) in [5, 5.41) is 12.6. The Morgan fingerprint density at radius 2 is 1.76 bits per heavy atom. The number of aromatic nitrogens is 2. The summed E-state index contributed by atoms with van der Waals surface area (Å²) in [4.78, 5) is 26.5. The maximum Gasteiger partial charge on any atom is 0.337 e. The fourth-order valence-electron chi connectivity index (χ4n) is 3.87. The quantitative estimate of drug-likeness (QED) is 0.287. The van der Waals surface area contributed by atoms with Gasteiger partial charge < -0.3 is 20.1 Å². The number of nitrogens with two attached hydrogens (primary N) is 1. The van der Waals surface area contributed by atoms with Crippen molar-refractivity contribution in [3.8, 4) is 27.7 Å². The van der Waals surface area contributed by atoms with Crippen LogP contribution in [-0.4, -0.2) is 33.6 Å². The molecule has 0 atom stereocenters. The summed E-state index contributed by atoms with van der Waals surface area (Å²) >= 11 is 1.54. The van der Waals surface area contributed by atoms with Gasteiger partial charge in [0.2, 0.25) is 5.91 Å². The van der Waals surface area contributed by atoms with Gasteiger partial charge in [0.1, 0.15) is 10.8 Å². The largest absolute Gasteiger partial charge is 0.497 e. The molecule has 0 spiro atoms. The Morgan fingerprint density at radius 3 is 2.30 bits per heavy atom. The van der Waals surface area contributed by atoms with Crippen molar-refractivity contribution in [2.24, 2.45) is 5.73 Å². The number of aryl methyl sites for hydroxylation is 2. The van der Waals surface area contributed by atoms with Crippen molar-refractivity contribution < 1.29 is 19.4 Å². The Bertz CT molecular complexity index is 1390. The summed E-state index contributed by atoms with van der Waals surface area (Å²) in [5.41, 5.74) is 12.0. The minimum Gasteiger partial charge on any atom is -0.497 e. The Hall–Kier alpha value is -3.91. The number of ether oxygens (including phenoxy) is 1. The van der Waals surface area contributed by atoms with Gasteiger partial charge in [0.05, 0.1) is 24.1 Å². The van der Waals surface area contributed by atoms with Gasteiger partial charge in [-0.25, -0.2) is 9.78 Å². The number of nitrogens with zero attached hydrogens (tertiary/aromatic N) is 2. The lowest BCUT2D eigenvalue weighted by Crippen LogP contribution is -2.08. The van der Waals surface area contributed by atoms with Gasteiger partial charge >= 0.3 is 5.97 Å². The summed E-state index contributed by atoms with van der Waals surface area (Å²) in [6.07, 6.45) is 1.37. The van der Waals surface area contributed by atoms with E-state index in [0.29, 0.717) is 18.5 Å². The SMILES string of the molecule is CCCC(N)=O.COc1ccc(-c2nc(-c3cc(C(=O)O)c(C)n3Cc3ccc(C)c(C)c3)cs2)cc1. The van der Waals surface area contributed by atoms with Crippen LogP contribution >= 0.6 is 11.3 Å². The van der Waals surface area contributed by atoms with E-state index in [2.05, 4.69) is 32.0 Å². The molecule has 0 saturated carbocycles. The van der Waals surface area contributed by atoms with Gasteiger partial charge in [-0.15, -0.1) is 11.3 Å². The van der Waals surface area contributed by atoms with E-state index in [1.807, 2.05) is 48.1 Å². The molecule has 4 rings (SSSR count). The normalized spacial score (nSPS) is 10.5. The number of carbonyl (C=O) groups excluding carboxylic acids is 1. The third-order valence-corrected chi connectivity index (χ3v) is 7.00. The van der Waals surface area contributed by atoms with Crippen LogP contribution in [0.2, 0.25) is 0 Å². The molecule has 2 aromatic carbocycles. The second kappa shape index (κ2) is 12.4. The number of hydrogen-bond donors (Lipinski definition) is 2. The van der Waals surface area contributed by atoms with Crippen LogP contribution in [0.4, 0.5) is 0 Å². The van der Waals surface area contributed by atoms with Gasteiger partial charge in [-0.2, -0.15) is 0 Å². The highest BCUT2D eigenvalue weighted by Crippen LogP contribution is 2.32. The van der Waals surface area contributed by atoms with E-state index < -0.39 is 5.97 Å². The molecule has 0 bridgehead atoms. The molecule has 0 aliphatic heterocycles. The predicted molar refractivity (Wildman–Crippen MR) is 148 cm³/mol. The molecule has 7 nitrogen and oxygen atoms in total. The van der Waals surface area contributed by atoms with Crippen LogP contribution in [-0.2, 0) is 11.3 Å². The van der Waals surface area contributed by atoms with Crippen molar-refractivity contribution in [2.75, 3.05) is 7.11 Å². The van der Waals surface area contributed by atoms with E-state index in [1.165, 1.54) is 11.1 Å². The summed E-state index contributed by atoms with van der Waals surface area (Å²) in [7, 11) is 1.64. The Kier molecular flexibility index (Phi) is 9.25. The van der Waals surface area contributed by atoms with Crippen molar-refractivity contribution in [2.45, 2.75) is 47.1 Å². The lowest BCUT2D eigenvalue weighted by atomic mass is 10.1. The number of thiazole rings is 1. The van der Waals surface area contributed by atoms with E-state index in [0.717, 1.165) is 45.4 Å². The number of carbonyl (C=O) groups is 2. The number of aromatic carboxylic acids is 1. The average Bonchev–Trinajstić information content (AvgIpc) is 3.47. The third-order valence-electron chi connectivity index (χ3n) is 6.11. The van der Waals surface area contributed by atoms with E-state index in [4.69, 9.17) is 15.5 Å². The standard InChI is InChI=1S/C25H24N2O3S.C4H9NO/c1-15-5-6-18(11-16(15)2)13-27-17(3)21(25(28)29)12-23(27)22-14-31-24(26-22)19-7-9-20(30-4)10-8-19;1-2-3-4(5)6/h5-12,14H,13H2,1-4H3,(H,28,29);2-3H2,1H3,(H2,5,6). The first-order chi connectivity index (χ1) is 17.6. The predicted octanol–water partition coefficient (Wildman–Crippen LogP) is 6.23. The maximum absolute atomic E-state index is 11.8. The second-order valence-electron chi connectivity index (χ2n) is 8.82. The zero-order valence-electron chi connectivity index (χ0n) is 21.9. The monoisotopic (exact) mass is 519 g/mol. The smallest absolute Gasteiger partial charge is 0.337 e. The molecule has 2 heterocycles. The number of carboxylic acids is 1. The van der Waals surface area contributed by atoms with Crippen LogP contribution in [0.25, 0.3) is 22.0 Å². The van der Waals surface area contributed by atoms with Crippen molar-refractivity contribution in [1.29, 1.82) is 0 Å². The van der Waals surface area contributed by atoms with E-state index in [-0.39, 0.29) is 5.91 Å². The summed E-state index contributed by atoms with van der Waals surface area (Å²) in [6.45, 7) is 8.54. The molecular formula is C29H33N3O4S. The number of amides is 1.